The number of rotatable bonds is 13. The van der Waals surface area contributed by atoms with Crippen molar-refractivity contribution in [3.05, 3.63) is 102 Å². The number of likely N-dealkylation sites (N-methyl/N-ethyl adjacent to an activating group) is 1. The molecule has 0 aliphatic carbocycles. The summed E-state index contributed by atoms with van der Waals surface area (Å²) < 4.78 is 51.6. The van der Waals surface area contributed by atoms with Crippen molar-refractivity contribution < 1.29 is 22.3 Å². The molecule has 0 saturated heterocycles. The summed E-state index contributed by atoms with van der Waals surface area (Å²) in [6, 6.07) is 25.2. The number of benzene rings is 3. The molecule has 0 aliphatic heterocycles. The Morgan fingerprint density at radius 2 is 1.41 bits per heavy atom. The van der Waals surface area contributed by atoms with Gasteiger partial charge in [-0.25, -0.2) is 0 Å². The Bertz CT molecular complexity index is 1050. The predicted octanol–water partition coefficient (Wildman–Crippen LogP) is 8.00. The molecule has 0 aromatic heterocycles. The van der Waals surface area contributed by atoms with E-state index in [1.165, 1.54) is 17.7 Å². The molecule has 37 heavy (non-hydrogen) atoms. The lowest BCUT2D eigenvalue weighted by Gasteiger charge is -2.31. The Kier molecular flexibility index (Phi) is 10.4. The van der Waals surface area contributed by atoms with Crippen LogP contribution >= 0.6 is 0 Å². The first-order valence-electron chi connectivity index (χ1n) is 12.8. The lowest BCUT2D eigenvalue weighted by atomic mass is 10.0. The van der Waals surface area contributed by atoms with Crippen molar-refractivity contribution >= 4 is 8.32 Å². The average molecular weight is 530 g/mol. The van der Waals surface area contributed by atoms with Gasteiger partial charge in [0.2, 0.25) is 0 Å². The summed E-state index contributed by atoms with van der Waals surface area (Å²) in [5.41, 5.74) is 1.62. The smallest absolute Gasteiger partial charge is 0.416 e. The highest BCUT2D eigenvalue weighted by Gasteiger charge is 2.30. The molecule has 3 nitrogen and oxygen atoms in total. The summed E-state index contributed by atoms with van der Waals surface area (Å²) in [6.45, 7) is 8.21. The molecule has 0 radical (unpaired) electrons. The van der Waals surface area contributed by atoms with E-state index in [4.69, 9.17) is 9.16 Å². The lowest BCUT2D eigenvalue weighted by molar-refractivity contribution is -0.137. The van der Waals surface area contributed by atoms with Crippen LogP contribution in [0, 0.1) is 0 Å². The van der Waals surface area contributed by atoms with Crippen LogP contribution in [-0.2, 0) is 17.0 Å². The van der Waals surface area contributed by atoms with E-state index in [1.54, 1.807) is 0 Å². The molecular formula is C30H38F3NO2Si. The third-order valence-corrected chi connectivity index (χ3v) is 7.08. The summed E-state index contributed by atoms with van der Waals surface area (Å²) in [6.07, 6.45) is -1.91. The molecule has 3 aromatic carbocycles. The maximum atomic E-state index is 13.0. The average Bonchev–Trinajstić information content (AvgIpc) is 2.85. The van der Waals surface area contributed by atoms with Gasteiger partial charge in [-0.3, -0.25) is 0 Å². The van der Waals surface area contributed by atoms with E-state index in [0.717, 1.165) is 43.6 Å². The van der Waals surface area contributed by atoms with Gasteiger partial charge < -0.3 is 14.1 Å². The normalized spacial score (nSPS) is 13.9. The van der Waals surface area contributed by atoms with E-state index in [1.807, 2.05) is 36.4 Å². The van der Waals surface area contributed by atoms with Crippen LogP contribution in [0.4, 0.5) is 13.2 Å². The predicted molar refractivity (Wildman–Crippen MR) is 146 cm³/mol. The van der Waals surface area contributed by atoms with Gasteiger partial charge in [0.05, 0.1) is 11.7 Å². The first-order chi connectivity index (χ1) is 17.5. The third kappa shape index (κ3) is 10.3. The maximum Gasteiger partial charge on any atom is 0.416 e. The summed E-state index contributed by atoms with van der Waals surface area (Å²) in [5, 5.41) is 0. The van der Waals surface area contributed by atoms with E-state index in [2.05, 4.69) is 55.9 Å². The number of halogens is 3. The minimum Gasteiger partial charge on any atom is -0.486 e. The van der Waals surface area contributed by atoms with Crippen LogP contribution in [0.3, 0.4) is 0 Å². The highest BCUT2D eigenvalue weighted by molar-refractivity contribution is 6.69. The zero-order valence-electron chi connectivity index (χ0n) is 22.2. The van der Waals surface area contributed by atoms with Crippen LogP contribution < -0.4 is 4.74 Å². The number of hydrogen-bond acceptors (Lipinski definition) is 3. The second kappa shape index (κ2) is 13.3. The highest BCUT2D eigenvalue weighted by atomic mass is 28.4. The Morgan fingerprint density at radius 1 is 0.811 bits per heavy atom. The Balaban J connectivity index is 1.63. The van der Waals surface area contributed by atoms with Gasteiger partial charge in [0.15, 0.2) is 8.32 Å². The lowest BCUT2D eigenvalue weighted by Crippen LogP contribution is -2.39. The molecule has 2 atom stereocenters. The SMILES string of the molecule is CN(CCC(Oc1ccc(C(F)(F)F)cc1)c1ccccc1)CC(CCc1ccccc1)O[Si](C)(C)C. The van der Waals surface area contributed by atoms with Gasteiger partial charge in [-0.2, -0.15) is 13.2 Å². The van der Waals surface area contributed by atoms with Gasteiger partial charge in [0.1, 0.15) is 11.9 Å². The fourth-order valence-corrected chi connectivity index (χ4v) is 5.48. The van der Waals surface area contributed by atoms with Crippen LogP contribution in [-0.4, -0.2) is 39.5 Å². The second-order valence-electron chi connectivity index (χ2n) is 10.5. The number of nitrogens with zero attached hydrogens (tertiary/aromatic N) is 1. The van der Waals surface area contributed by atoms with Crippen molar-refractivity contribution in [2.45, 2.75) is 57.3 Å². The summed E-state index contributed by atoms with van der Waals surface area (Å²) in [7, 11) is 0.363. The molecular weight excluding hydrogens is 491 g/mol. The zero-order valence-corrected chi connectivity index (χ0v) is 23.2. The summed E-state index contributed by atoms with van der Waals surface area (Å²) in [5.74, 6) is 0.423. The van der Waals surface area contributed by atoms with Crippen molar-refractivity contribution in [2.24, 2.45) is 0 Å². The quantitative estimate of drug-likeness (QED) is 0.209. The Hall–Kier alpha value is -2.61. The van der Waals surface area contributed by atoms with Gasteiger partial charge in [0.25, 0.3) is 0 Å². The van der Waals surface area contributed by atoms with Gasteiger partial charge >= 0.3 is 6.18 Å². The monoisotopic (exact) mass is 529 g/mol. The standard InChI is InChI=1S/C30H38F3NO2Si/c1-34(23-28(36-37(2,3)4)18-15-24-11-7-5-8-12-24)22-21-29(25-13-9-6-10-14-25)35-27-19-16-26(17-20-27)30(31,32)33/h5-14,16-17,19-20,28-29H,15,18,21-23H2,1-4H3. The maximum absolute atomic E-state index is 13.0. The summed E-state index contributed by atoms with van der Waals surface area (Å²) in [4.78, 5) is 2.27. The molecule has 0 heterocycles. The zero-order chi connectivity index (χ0) is 26.9. The van der Waals surface area contributed by atoms with Crippen LogP contribution in [0.2, 0.25) is 19.6 Å². The third-order valence-electron chi connectivity index (χ3n) is 6.04. The van der Waals surface area contributed by atoms with Gasteiger partial charge in [-0.15, -0.1) is 0 Å². The van der Waals surface area contributed by atoms with Crippen LogP contribution in [0.1, 0.15) is 35.6 Å². The number of alkyl halides is 3. The van der Waals surface area contributed by atoms with E-state index >= 15 is 0 Å². The van der Waals surface area contributed by atoms with Crippen LogP contribution in [0.25, 0.3) is 0 Å². The Morgan fingerprint density at radius 3 is 1.97 bits per heavy atom. The van der Waals surface area contributed by atoms with E-state index in [0.29, 0.717) is 12.2 Å². The topological polar surface area (TPSA) is 21.7 Å². The molecule has 0 saturated carbocycles. The van der Waals surface area contributed by atoms with E-state index in [-0.39, 0.29) is 12.2 Å². The molecule has 3 rings (SSSR count). The van der Waals surface area contributed by atoms with E-state index in [9.17, 15) is 13.2 Å². The van der Waals surface area contributed by atoms with Crippen LogP contribution in [0.5, 0.6) is 5.75 Å². The molecule has 0 aliphatic rings. The molecule has 0 amide bonds. The van der Waals surface area contributed by atoms with Crippen molar-refractivity contribution in [3.63, 3.8) is 0 Å². The van der Waals surface area contributed by atoms with Gasteiger partial charge in [-0.1, -0.05) is 60.7 Å². The highest BCUT2D eigenvalue weighted by Crippen LogP contribution is 2.32. The molecule has 7 heteroatoms. The molecule has 2 unspecified atom stereocenters. The first-order valence-corrected chi connectivity index (χ1v) is 16.2. The second-order valence-corrected chi connectivity index (χ2v) is 14.9. The number of aryl methyl sites for hydroxylation is 1. The van der Waals surface area contributed by atoms with Crippen molar-refractivity contribution in [1.82, 2.24) is 4.90 Å². The molecule has 0 bridgehead atoms. The van der Waals surface area contributed by atoms with Gasteiger partial charge in [-0.05, 0) is 74.9 Å². The number of ether oxygens (including phenoxy) is 1. The molecule has 3 aromatic rings. The molecule has 200 valence electrons. The molecule has 0 fully saturated rings. The minimum absolute atomic E-state index is 0.128. The summed E-state index contributed by atoms with van der Waals surface area (Å²) >= 11 is 0. The molecule has 0 spiro atoms. The van der Waals surface area contributed by atoms with Gasteiger partial charge in [0, 0.05) is 19.5 Å². The van der Waals surface area contributed by atoms with Crippen molar-refractivity contribution in [3.8, 4) is 5.75 Å². The van der Waals surface area contributed by atoms with Crippen molar-refractivity contribution in [2.75, 3.05) is 20.1 Å². The molecule has 0 N–H and O–H groups in total. The first kappa shape index (κ1) is 29.0. The van der Waals surface area contributed by atoms with Crippen molar-refractivity contribution in [1.29, 1.82) is 0 Å². The number of hydrogen-bond donors (Lipinski definition) is 0. The largest absolute Gasteiger partial charge is 0.486 e. The fraction of sp³-hybridized carbons (Fsp3) is 0.400. The van der Waals surface area contributed by atoms with Crippen LogP contribution in [0.15, 0.2) is 84.9 Å². The Labute approximate surface area is 220 Å². The minimum atomic E-state index is -4.37. The fourth-order valence-electron chi connectivity index (χ4n) is 4.28. The van der Waals surface area contributed by atoms with E-state index < -0.39 is 20.1 Å².